The molecule has 0 aromatic carbocycles. The molecule has 0 radical (unpaired) electrons. The van der Waals surface area contributed by atoms with Crippen molar-refractivity contribution in [2.45, 2.75) is 72.4 Å². The lowest BCUT2D eigenvalue weighted by molar-refractivity contribution is 0.127. The van der Waals surface area contributed by atoms with E-state index in [1.807, 2.05) is 13.8 Å². The number of hydrogen-bond acceptors (Lipinski definition) is 4. The van der Waals surface area contributed by atoms with Gasteiger partial charge in [0.25, 0.3) is 0 Å². The molecule has 0 aromatic rings. The van der Waals surface area contributed by atoms with Gasteiger partial charge in [0.05, 0.1) is 0 Å². The van der Waals surface area contributed by atoms with Crippen LogP contribution in [-0.2, 0) is 13.6 Å². The van der Waals surface area contributed by atoms with Crippen molar-refractivity contribution in [2.24, 2.45) is 5.92 Å². The minimum absolute atomic E-state index is 0.170. The van der Waals surface area contributed by atoms with Gasteiger partial charge in [0.1, 0.15) is 6.61 Å². The van der Waals surface area contributed by atoms with E-state index < -0.39 is 8.25 Å². The predicted octanol–water partition coefficient (Wildman–Crippen LogP) is 4.63. The quantitative estimate of drug-likeness (QED) is 0.397. The minimum atomic E-state index is -1.99. The van der Waals surface area contributed by atoms with E-state index in [4.69, 9.17) is 9.05 Å². The van der Waals surface area contributed by atoms with Gasteiger partial charge in [-0.3, -0.25) is 5.32 Å². The van der Waals surface area contributed by atoms with Gasteiger partial charge in [-0.25, -0.2) is 0 Å². The van der Waals surface area contributed by atoms with Crippen molar-refractivity contribution >= 4 is 8.25 Å². The Bertz CT molecular complexity index is 227. The molecule has 0 saturated heterocycles. The summed E-state index contributed by atoms with van der Waals surface area (Å²) in [5.74, 6) is 0.673. The Hall–Kier alpha value is -0.0200. The highest BCUT2D eigenvalue weighted by molar-refractivity contribution is 7.33. The maximum absolute atomic E-state index is 11.5. The molecule has 0 saturated carbocycles. The molecule has 0 fully saturated rings. The Balaban J connectivity index is 3.93. The zero-order valence-corrected chi connectivity index (χ0v) is 13.9. The Morgan fingerprint density at radius 2 is 1.84 bits per heavy atom. The van der Waals surface area contributed by atoms with Crippen LogP contribution in [0.15, 0.2) is 0 Å². The molecule has 1 N–H and O–H groups in total. The predicted molar refractivity (Wildman–Crippen MR) is 80.3 cm³/mol. The first-order chi connectivity index (χ1) is 9.17. The topological polar surface area (TPSA) is 47.6 Å². The SMILES string of the molecule is CCCCC(CC)CNC(CC)O[P+](=O)OCCC. The van der Waals surface area contributed by atoms with E-state index in [0.717, 1.165) is 19.4 Å². The van der Waals surface area contributed by atoms with Crippen molar-refractivity contribution in [1.29, 1.82) is 0 Å². The molecule has 114 valence electrons. The maximum atomic E-state index is 11.5. The monoisotopic (exact) mass is 292 g/mol. The van der Waals surface area contributed by atoms with Gasteiger partial charge in [-0.2, -0.15) is 0 Å². The van der Waals surface area contributed by atoms with Crippen LogP contribution in [0.5, 0.6) is 0 Å². The zero-order valence-electron chi connectivity index (χ0n) is 13.0. The van der Waals surface area contributed by atoms with E-state index in [1.165, 1.54) is 25.7 Å². The van der Waals surface area contributed by atoms with Gasteiger partial charge in [-0.05, 0) is 25.2 Å². The third-order valence-electron chi connectivity index (χ3n) is 3.16. The van der Waals surface area contributed by atoms with Crippen LogP contribution in [0.2, 0.25) is 0 Å². The van der Waals surface area contributed by atoms with Gasteiger partial charge >= 0.3 is 8.25 Å². The van der Waals surface area contributed by atoms with Crippen molar-refractivity contribution < 1.29 is 13.6 Å². The largest absolute Gasteiger partial charge is 0.699 e. The molecular weight excluding hydrogens is 261 g/mol. The third kappa shape index (κ3) is 10.4. The third-order valence-corrected chi connectivity index (χ3v) is 3.98. The van der Waals surface area contributed by atoms with Gasteiger partial charge < -0.3 is 0 Å². The fourth-order valence-corrected chi connectivity index (χ4v) is 2.62. The Morgan fingerprint density at radius 1 is 1.11 bits per heavy atom. The molecule has 0 rings (SSSR count). The summed E-state index contributed by atoms with van der Waals surface area (Å²) in [6, 6.07) is 0. The van der Waals surface area contributed by atoms with Crippen molar-refractivity contribution in [3.05, 3.63) is 0 Å². The standard InChI is InChI=1S/C14H31NO3P/c1-5-9-10-13(7-3)12-15-14(8-4)18-19(16)17-11-6-2/h13-15H,5-12H2,1-4H3/q+1. The maximum Gasteiger partial charge on any atom is 0.699 e. The molecule has 0 bridgehead atoms. The van der Waals surface area contributed by atoms with Crippen molar-refractivity contribution in [3.63, 3.8) is 0 Å². The molecule has 0 aliphatic carbocycles. The normalized spacial score (nSPS) is 15.3. The number of rotatable bonds is 13. The van der Waals surface area contributed by atoms with E-state index in [9.17, 15) is 4.57 Å². The van der Waals surface area contributed by atoms with Crippen LogP contribution in [0.25, 0.3) is 0 Å². The van der Waals surface area contributed by atoms with E-state index in [1.54, 1.807) is 0 Å². The van der Waals surface area contributed by atoms with Crippen LogP contribution < -0.4 is 5.32 Å². The van der Waals surface area contributed by atoms with Gasteiger partial charge in [0.15, 0.2) is 6.23 Å². The second-order valence-electron chi connectivity index (χ2n) is 4.88. The molecule has 19 heavy (non-hydrogen) atoms. The number of nitrogens with one attached hydrogen (secondary N) is 1. The summed E-state index contributed by atoms with van der Waals surface area (Å²) in [6.07, 6.45) is 6.39. The van der Waals surface area contributed by atoms with Crippen molar-refractivity contribution in [3.8, 4) is 0 Å². The summed E-state index contributed by atoms with van der Waals surface area (Å²) in [7, 11) is -1.99. The summed E-state index contributed by atoms with van der Waals surface area (Å²) in [5, 5.41) is 3.35. The Kier molecular flexibility index (Phi) is 13.0. The first kappa shape index (κ1) is 19.0. The molecule has 5 heteroatoms. The lowest BCUT2D eigenvalue weighted by Crippen LogP contribution is -2.33. The lowest BCUT2D eigenvalue weighted by atomic mass is 9.99. The highest BCUT2D eigenvalue weighted by Crippen LogP contribution is 2.26. The second-order valence-corrected chi connectivity index (χ2v) is 5.80. The van der Waals surface area contributed by atoms with E-state index in [2.05, 4.69) is 19.2 Å². The highest BCUT2D eigenvalue weighted by Gasteiger charge is 2.26. The molecule has 0 aromatic heterocycles. The fourth-order valence-electron chi connectivity index (χ4n) is 1.80. The van der Waals surface area contributed by atoms with Crippen LogP contribution in [0, 0.1) is 5.92 Å². The molecule has 3 atom stereocenters. The first-order valence-corrected chi connectivity index (χ1v) is 8.77. The van der Waals surface area contributed by atoms with Crippen LogP contribution in [0.4, 0.5) is 0 Å². The van der Waals surface area contributed by atoms with Gasteiger partial charge in [0, 0.05) is 11.1 Å². The average molecular weight is 292 g/mol. The second kappa shape index (κ2) is 13.0. The molecule has 0 spiro atoms. The van der Waals surface area contributed by atoms with E-state index in [0.29, 0.717) is 12.5 Å². The fraction of sp³-hybridized carbons (Fsp3) is 1.00. The lowest BCUT2D eigenvalue weighted by Gasteiger charge is -2.17. The van der Waals surface area contributed by atoms with E-state index in [-0.39, 0.29) is 6.23 Å². The molecule has 0 heterocycles. The van der Waals surface area contributed by atoms with Gasteiger partial charge in [-0.15, -0.1) is 4.52 Å². The van der Waals surface area contributed by atoms with Crippen molar-refractivity contribution in [2.75, 3.05) is 13.2 Å². The summed E-state index contributed by atoms with van der Waals surface area (Å²) in [6.45, 7) is 9.85. The number of hydrogen-bond donors (Lipinski definition) is 1. The molecule has 4 nitrogen and oxygen atoms in total. The number of unbranched alkanes of at least 4 members (excludes halogenated alkanes) is 1. The molecule has 0 amide bonds. The highest BCUT2D eigenvalue weighted by atomic mass is 31.1. The van der Waals surface area contributed by atoms with Gasteiger partial charge in [-0.1, -0.05) is 51.5 Å². The van der Waals surface area contributed by atoms with Crippen LogP contribution in [0.1, 0.15) is 66.2 Å². The summed E-state index contributed by atoms with van der Waals surface area (Å²) in [4.78, 5) is 0. The summed E-state index contributed by atoms with van der Waals surface area (Å²) < 4.78 is 22.0. The van der Waals surface area contributed by atoms with E-state index >= 15 is 0 Å². The summed E-state index contributed by atoms with van der Waals surface area (Å²) in [5.41, 5.74) is 0. The Labute approximate surface area is 119 Å². The summed E-state index contributed by atoms with van der Waals surface area (Å²) >= 11 is 0. The van der Waals surface area contributed by atoms with Gasteiger partial charge in [0.2, 0.25) is 0 Å². The molecule has 0 aliphatic rings. The minimum Gasteiger partial charge on any atom is -0.288 e. The van der Waals surface area contributed by atoms with Crippen molar-refractivity contribution in [1.82, 2.24) is 5.32 Å². The Morgan fingerprint density at radius 3 is 2.37 bits per heavy atom. The van der Waals surface area contributed by atoms with Crippen LogP contribution >= 0.6 is 8.25 Å². The first-order valence-electron chi connectivity index (χ1n) is 7.68. The zero-order chi connectivity index (χ0) is 14.5. The average Bonchev–Trinajstić information content (AvgIpc) is 2.43. The van der Waals surface area contributed by atoms with Crippen LogP contribution in [-0.4, -0.2) is 19.4 Å². The molecule has 0 aliphatic heterocycles. The molecular formula is C14H31NO3P+. The van der Waals surface area contributed by atoms with Crippen LogP contribution in [0.3, 0.4) is 0 Å². The smallest absolute Gasteiger partial charge is 0.288 e. The molecule has 3 unspecified atom stereocenters.